The molecule has 0 saturated heterocycles. The maximum absolute atomic E-state index is 4.10. The number of aromatic nitrogens is 3. The van der Waals surface area contributed by atoms with Crippen LogP contribution in [-0.2, 0) is 13.5 Å². The van der Waals surface area contributed by atoms with Crippen LogP contribution >= 0.6 is 0 Å². The lowest BCUT2D eigenvalue weighted by atomic mass is 10.4. The fraction of sp³-hybridized carbons (Fsp3) is 0.714. The van der Waals surface area contributed by atoms with Gasteiger partial charge in [-0.15, -0.1) is 0 Å². The standard InChI is InChI=1S/C7H14N4/c1-3-8-5-4-7-9-6-10-11(7)2/h6,8H,3-5H2,1-2H3. The molecule has 1 heterocycles. The second-order valence-electron chi connectivity index (χ2n) is 2.40. The van der Waals surface area contributed by atoms with Crippen molar-refractivity contribution in [2.24, 2.45) is 7.05 Å². The van der Waals surface area contributed by atoms with Gasteiger partial charge < -0.3 is 5.32 Å². The first-order chi connectivity index (χ1) is 5.34. The molecule has 11 heavy (non-hydrogen) atoms. The van der Waals surface area contributed by atoms with Gasteiger partial charge in [-0.1, -0.05) is 6.92 Å². The van der Waals surface area contributed by atoms with Crippen LogP contribution in [-0.4, -0.2) is 27.9 Å². The summed E-state index contributed by atoms with van der Waals surface area (Å²) in [6.45, 7) is 4.08. The molecule has 0 spiro atoms. The molecular weight excluding hydrogens is 140 g/mol. The molecule has 0 saturated carbocycles. The number of nitrogens with zero attached hydrogens (tertiary/aromatic N) is 3. The van der Waals surface area contributed by atoms with Gasteiger partial charge in [0, 0.05) is 20.0 Å². The van der Waals surface area contributed by atoms with E-state index in [1.807, 2.05) is 7.05 Å². The number of hydrogen-bond acceptors (Lipinski definition) is 3. The minimum absolute atomic E-state index is 0.949. The third-order valence-corrected chi connectivity index (χ3v) is 1.58. The van der Waals surface area contributed by atoms with Gasteiger partial charge in [0.2, 0.25) is 0 Å². The Hall–Kier alpha value is -0.900. The van der Waals surface area contributed by atoms with E-state index in [9.17, 15) is 0 Å². The summed E-state index contributed by atoms with van der Waals surface area (Å²) in [4.78, 5) is 4.10. The lowest BCUT2D eigenvalue weighted by Crippen LogP contribution is -2.17. The van der Waals surface area contributed by atoms with E-state index in [1.54, 1.807) is 11.0 Å². The van der Waals surface area contributed by atoms with Gasteiger partial charge >= 0.3 is 0 Å². The van der Waals surface area contributed by atoms with Crippen LogP contribution in [0.15, 0.2) is 6.33 Å². The number of likely N-dealkylation sites (N-methyl/N-ethyl adjacent to an activating group) is 1. The molecule has 1 rings (SSSR count). The maximum Gasteiger partial charge on any atom is 0.138 e. The zero-order valence-corrected chi connectivity index (χ0v) is 7.04. The molecule has 0 atom stereocenters. The van der Waals surface area contributed by atoms with Gasteiger partial charge in [-0.05, 0) is 6.54 Å². The number of nitrogens with one attached hydrogen (secondary N) is 1. The van der Waals surface area contributed by atoms with E-state index in [1.165, 1.54) is 0 Å². The van der Waals surface area contributed by atoms with Gasteiger partial charge in [0.05, 0.1) is 0 Å². The van der Waals surface area contributed by atoms with Crippen LogP contribution in [0.2, 0.25) is 0 Å². The summed E-state index contributed by atoms with van der Waals surface area (Å²) < 4.78 is 1.80. The van der Waals surface area contributed by atoms with E-state index in [4.69, 9.17) is 0 Å². The van der Waals surface area contributed by atoms with Crippen molar-refractivity contribution in [3.8, 4) is 0 Å². The van der Waals surface area contributed by atoms with Crippen molar-refractivity contribution in [1.29, 1.82) is 0 Å². The van der Waals surface area contributed by atoms with Crippen molar-refractivity contribution in [3.05, 3.63) is 12.2 Å². The zero-order valence-electron chi connectivity index (χ0n) is 7.04. The first-order valence-electron chi connectivity index (χ1n) is 3.88. The Bertz CT molecular complexity index is 206. The Morgan fingerprint density at radius 1 is 1.64 bits per heavy atom. The van der Waals surface area contributed by atoms with Gasteiger partial charge in [0.1, 0.15) is 12.2 Å². The fourth-order valence-electron chi connectivity index (χ4n) is 0.923. The quantitative estimate of drug-likeness (QED) is 0.619. The van der Waals surface area contributed by atoms with E-state index < -0.39 is 0 Å². The minimum Gasteiger partial charge on any atom is -0.317 e. The third kappa shape index (κ3) is 2.31. The maximum atomic E-state index is 4.10. The number of hydrogen-bond donors (Lipinski definition) is 1. The Morgan fingerprint density at radius 2 is 2.45 bits per heavy atom. The Kier molecular flexibility index (Phi) is 3.04. The second-order valence-corrected chi connectivity index (χ2v) is 2.40. The van der Waals surface area contributed by atoms with Crippen molar-refractivity contribution in [3.63, 3.8) is 0 Å². The van der Waals surface area contributed by atoms with Crippen LogP contribution in [0.4, 0.5) is 0 Å². The molecule has 62 valence electrons. The Morgan fingerprint density at radius 3 is 3.00 bits per heavy atom. The SMILES string of the molecule is CCNCCc1ncnn1C. The van der Waals surface area contributed by atoms with Crippen LogP contribution in [0, 0.1) is 0 Å². The summed E-state index contributed by atoms with van der Waals surface area (Å²) in [5.41, 5.74) is 0. The van der Waals surface area contributed by atoms with Gasteiger partial charge in [-0.3, -0.25) is 4.68 Å². The molecule has 1 aromatic heterocycles. The number of rotatable bonds is 4. The van der Waals surface area contributed by atoms with Gasteiger partial charge in [-0.25, -0.2) is 4.98 Å². The molecule has 0 fully saturated rings. The molecular formula is C7H14N4. The van der Waals surface area contributed by atoms with Crippen LogP contribution in [0.25, 0.3) is 0 Å². The molecule has 0 aliphatic rings. The predicted octanol–water partition coefficient (Wildman–Crippen LogP) is -0.0329. The lowest BCUT2D eigenvalue weighted by Gasteiger charge is -1.99. The average molecular weight is 154 g/mol. The van der Waals surface area contributed by atoms with Crippen molar-refractivity contribution in [2.75, 3.05) is 13.1 Å². The van der Waals surface area contributed by atoms with Gasteiger partial charge in [-0.2, -0.15) is 5.10 Å². The third-order valence-electron chi connectivity index (χ3n) is 1.58. The first kappa shape index (κ1) is 8.20. The van der Waals surface area contributed by atoms with Crippen LogP contribution < -0.4 is 5.32 Å². The smallest absolute Gasteiger partial charge is 0.138 e. The highest BCUT2D eigenvalue weighted by atomic mass is 15.3. The molecule has 1 aromatic rings. The van der Waals surface area contributed by atoms with E-state index in [0.29, 0.717) is 0 Å². The monoisotopic (exact) mass is 154 g/mol. The van der Waals surface area contributed by atoms with Crippen molar-refractivity contribution >= 4 is 0 Å². The second kappa shape index (κ2) is 4.08. The summed E-state index contributed by atoms with van der Waals surface area (Å²) in [5, 5.41) is 7.21. The first-order valence-corrected chi connectivity index (χ1v) is 3.88. The summed E-state index contributed by atoms with van der Waals surface area (Å²) in [6, 6.07) is 0. The summed E-state index contributed by atoms with van der Waals surface area (Å²) >= 11 is 0. The van der Waals surface area contributed by atoms with E-state index >= 15 is 0 Å². The highest BCUT2D eigenvalue weighted by molar-refractivity contribution is 4.83. The predicted molar refractivity (Wildman–Crippen MR) is 43.3 cm³/mol. The van der Waals surface area contributed by atoms with Crippen LogP contribution in [0.5, 0.6) is 0 Å². The molecule has 0 aromatic carbocycles. The molecule has 4 heteroatoms. The molecule has 0 amide bonds. The fourth-order valence-corrected chi connectivity index (χ4v) is 0.923. The normalized spacial score (nSPS) is 10.4. The summed E-state index contributed by atoms with van der Waals surface area (Å²) in [7, 11) is 1.91. The Labute approximate surface area is 66.6 Å². The summed E-state index contributed by atoms with van der Waals surface area (Å²) in [5.74, 6) is 1.03. The van der Waals surface area contributed by atoms with Crippen LogP contribution in [0.1, 0.15) is 12.7 Å². The molecule has 0 aliphatic carbocycles. The highest BCUT2D eigenvalue weighted by Crippen LogP contribution is 1.89. The largest absolute Gasteiger partial charge is 0.317 e. The molecule has 4 nitrogen and oxygen atoms in total. The topological polar surface area (TPSA) is 42.7 Å². The zero-order chi connectivity index (χ0) is 8.10. The van der Waals surface area contributed by atoms with E-state index in [2.05, 4.69) is 22.3 Å². The van der Waals surface area contributed by atoms with Crippen molar-refractivity contribution in [2.45, 2.75) is 13.3 Å². The lowest BCUT2D eigenvalue weighted by molar-refractivity contribution is 0.648. The van der Waals surface area contributed by atoms with Crippen molar-refractivity contribution in [1.82, 2.24) is 20.1 Å². The van der Waals surface area contributed by atoms with E-state index in [-0.39, 0.29) is 0 Å². The average Bonchev–Trinajstić information content (AvgIpc) is 2.37. The summed E-state index contributed by atoms with van der Waals surface area (Å²) in [6.07, 6.45) is 2.53. The molecule has 1 N–H and O–H groups in total. The highest BCUT2D eigenvalue weighted by Gasteiger charge is 1.97. The minimum atomic E-state index is 0.949. The molecule has 0 radical (unpaired) electrons. The molecule has 0 aliphatic heterocycles. The van der Waals surface area contributed by atoms with Gasteiger partial charge in [0.15, 0.2) is 0 Å². The molecule has 0 unspecified atom stereocenters. The molecule has 0 bridgehead atoms. The van der Waals surface area contributed by atoms with Gasteiger partial charge in [0.25, 0.3) is 0 Å². The van der Waals surface area contributed by atoms with Crippen LogP contribution in [0.3, 0.4) is 0 Å². The number of aryl methyl sites for hydroxylation is 1. The van der Waals surface area contributed by atoms with E-state index in [0.717, 1.165) is 25.3 Å². The Balaban J connectivity index is 2.32. The van der Waals surface area contributed by atoms with Crippen molar-refractivity contribution < 1.29 is 0 Å².